The Labute approximate surface area is 145 Å². The van der Waals surface area contributed by atoms with Crippen LogP contribution in [0.4, 0.5) is 4.79 Å². The van der Waals surface area contributed by atoms with Crippen molar-refractivity contribution in [2.45, 2.75) is 70.9 Å². The SMILES string of the molecule is CC(C)(C)N(CCCCCNC1CCCc2cccnc21)C(=O)O. The first-order valence-corrected chi connectivity index (χ1v) is 9.07. The number of aromatic nitrogens is 1. The number of carboxylic acid groups (broad SMARTS) is 1. The van der Waals surface area contributed by atoms with Crippen LogP contribution in [0.5, 0.6) is 0 Å². The number of hydrogen-bond donors (Lipinski definition) is 2. The zero-order valence-corrected chi connectivity index (χ0v) is 15.2. The van der Waals surface area contributed by atoms with Gasteiger partial charge < -0.3 is 15.3 Å². The second kappa shape index (κ2) is 8.47. The lowest BCUT2D eigenvalue weighted by atomic mass is 9.92. The fourth-order valence-electron chi connectivity index (χ4n) is 3.37. The third-order valence-electron chi connectivity index (χ3n) is 4.68. The van der Waals surface area contributed by atoms with E-state index >= 15 is 0 Å². The van der Waals surface area contributed by atoms with Crippen molar-refractivity contribution in [2.24, 2.45) is 0 Å². The molecule has 2 N–H and O–H groups in total. The lowest BCUT2D eigenvalue weighted by Crippen LogP contribution is -2.45. The van der Waals surface area contributed by atoms with Crippen molar-refractivity contribution in [3.63, 3.8) is 0 Å². The molecule has 1 amide bonds. The van der Waals surface area contributed by atoms with Crippen LogP contribution in [0.25, 0.3) is 0 Å². The molecule has 0 aromatic carbocycles. The highest BCUT2D eigenvalue weighted by Crippen LogP contribution is 2.27. The molecule has 134 valence electrons. The van der Waals surface area contributed by atoms with Crippen molar-refractivity contribution in [2.75, 3.05) is 13.1 Å². The third-order valence-corrected chi connectivity index (χ3v) is 4.68. The molecule has 0 spiro atoms. The molecule has 0 radical (unpaired) electrons. The number of amides is 1. The number of carbonyl (C=O) groups is 1. The van der Waals surface area contributed by atoms with E-state index in [-0.39, 0.29) is 5.54 Å². The second-order valence-corrected chi connectivity index (χ2v) is 7.61. The van der Waals surface area contributed by atoms with Gasteiger partial charge in [0.05, 0.1) is 5.69 Å². The van der Waals surface area contributed by atoms with Gasteiger partial charge >= 0.3 is 6.09 Å². The average Bonchev–Trinajstić information content (AvgIpc) is 2.52. The van der Waals surface area contributed by atoms with Gasteiger partial charge in [-0.25, -0.2) is 4.79 Å². The summed E-state index contributed by atoms with van der Waals surface area (Å²) in [5.74, 6) is 0. The van der Waals surface area contributed by atoms with Gasteiger partial charge in [0.25, 0.3) is 0 Å². The predicted molar refractivity (Wildman–Crippen MR) is 96.3 cm³/mol. The molecule has 24 heavy (non-hydrogen) atoms. The van der Waals surface area contributed by atoms with Crippen molar-refractivity contribution in [3.8, 4) is 0 Å². The Hall–Kier alpha value is -1.62. The first kappa shape index (κ1) is 18.7. The van der Waals surface area contributed by atoms with E-state index < -0.39 is 6.09 Å². The van der Waals surface area contributed by atoms with E-state index in [1.54, 1.807) is 0 Å². The molecule has 1 aromatic rings. The van der Waals surface area contributed by atoms with E-state index in [0.717, 1.165) is 38.6 Å². The summed E-state index contributed by atoms with van der Waals surface area (Å²) in [5.41, 5.74) is 2.26. The molecular weight excluding hydrogens is 302 g/mol. The molecule has 1 heterocycles. The molecule has 1 unspecified atom stereocenters. The van der Waals surface area contributed by atoms with Gasteiger partial charge in [-0.3, -0.25) is 4.98 Å². The number of rotatable bonds is 7. The van der Waals surface area contributed by atoms with E-state index in [1.165, 1.54) is 22.6 Å². The monoisotopic (exact) mass is 333 g/mol. The molecule has 5 nitrogen and oxygen atoms in total. The number of unbranched alkanes of at least 4 members (excludes halogenated alkanes) is 2. The van der Waals surface area contributed by atoms with Crippen LogP contribution in [0.15, 0.2) is 18.3 Å². The zero-order valence-electron chi connectivity index (χ0n) is 15.2. The van der Waals surface area contributed by atoms with E-state index in [1.807, 2.05) is 33.0 Å². The van der Waals surface area contributed by atoms with E-state index in [2.05, 4.69) is 16.4 Å². The number of fused-ring (bicyclic) bond motifs is 1. The largest absolute Gasteiger partial charge is 0.465 e. The molecule has 5 heteroatoms. The van der Waals surface area contributed by atoms with Crippen LogP contribution < -0.4 is 5.32 Å². The molecule has 0 aliphatic heterocycles. The number of aryl methyl sites for hydroxylation is 1. The normalized spacial score (nSPS) is 17.4. The summed E-state index contributed by atoms with van der Waals surface area (Å²) in [6.45, 7) is 7.39. The summed E-state index contributed by atoms with van der Waals surface area (Å²) < 4.78 is 0. The minimum atomic E-state index is -0.828. The first-order chi connectivity index (χ1) is 11.4. The summed E-state index contributed by atoms with van der Waals surface area (Å²) in [6, 6.07) is 4.58. The Bertz CT molecular complexity index is 540. The minimum absolute atomic E-state index is 0.332. The van der Waals surface area contributed by atoms with Gasteiger partial charge in [0.2, 0.25) is 0 Å². The zero-order chi connectivity index (χ0) is 17.6. The van der Waals surface area contributed by atoms with Gasteiger partial charge in [-0.1, -0.05) is 12.5 Å². The molecule has 1 aromatic heterocycles. The quantitative estimate of drug-likeness (QED) is 0.740. The fraction of sp³-hybridized carbons (Fsp3) is 0.684. The Morgan fingerprint density at radius 3 is 2.88 bits per heavy atom. The molecule has 1 aliphatic carbocycles. The lowest BCUT2D eigenvalue weighted by Gasteiger charge is -2.33. The summed E-state index contributed by atoms with van der Waals surface area (Å²) in [7, 11) is 0. The Morgan fingerprint density at radius 1 is 1.38 bits per heavy atom. The Kier molecular flexibility index (Phi) is 6.60. The number of hydrogen-bond acceptors (Lipinski definition) is 3. The maximum atomic E-state index is 11.3. The lowest BCUT2D eigenvalue weighted by molar-refractivity contribution is 0.0990. The smallest absolute Gasteiger partial charge is 0.407 e. The molecule has 1 aliphatic rings. The van der Waals surface area contributed by atoms with E-state index in [0.29, 0.717) is 12.6 Å². The average molecular weight is 333 g/mol. The van der Waals surface area contributed by atoms with Crippen LogP contribution in [0.2, 0.25) is 0 Å². The number of nitrogens with one attached hydrogen (secondary N) is 1. The third kappa shape index (κ3) is 5.20. The van der Waals surface area contributed by atoms with Crippen LogP contribution >= 0.6 is 0 Å². The summed E-state index contributed by atoms with van der Waals surface area (Å²) >= 11 is 0. The predicted octanol–water partition coefficient (Wildman–Crippen LogP) is 4.00. The first-order valence-electron chi connectivity index (χ1n) is 9.07. The highest BCUT2D eigenvalue weighted by Gasteiger charge is 2.25. The van der Waals surface area contributed by atoms with Crippen molar-refractivity contribution in [3.05, 3.63) is 29.6 Å². The topological polar surface area (TPSA) is 65.5 Å². The van der Waals surface area contributed by atoms with Gasteiger partial charge in [0.1, 0.15) is 0 Å². The molecule has 0 bridgehead atoms. The standard InChI is InChI=1S/C19H31N3O2/c1-19(2,3)22(18(23)24)14-6-4-5-12-20-16-11-7-9-15-10-8-13-21-17(15)16/h8,10,13,16,20H,4-7,9,11-12,14H2,1-3H3,(H,23,24). The summed E-state index contributed by atoms with van der Waals surface area (Å²) in [4.78, 5) is 17.4. The van der Waals surface area contributed by atoms with Crippen LogP contribution in [-0.2, 0) is 6.42 Å². The highest BCUT2D eigenvalue weighted by atomic mass is 16.4. The Morgan fingerprint density at radius 2 is 2.17 bits per heavy atom. The summed E-state index contributed by atoms with van der Waals surface area (Å²) in [5, 5.41) is 12.9. The van der Waals surface area contributed by atoms with Crippen molar-refractivity contribution in [1.82, 2.24) is 15.2 Å². The van der Waals surface area contributed by atoms with Crippen LogP contribution in [-0.4, -0.2) is 39.7 Å². The summed E-state index contributed by atoms with van der Waals surface area (Å²) in [6.07, 6.45) is 7.57. The molecule has 0 saturated heterocycles. The Balaban J connectivity index is 1.68. The molecular formula is C19H31N3O2. The minimum Gasteiger partial charge on any atom is -0.465 e. The molecule has 0 fully saturated rings. The van der Waals surface area contributed by atoms with Crippen molar-refractivity contribution < 1.29 is 9.90 Å². The highest BCUT2D eigenvalue weighted by molar-refractivity contribution is 5.65. The van der Waals surface area contributed by atoms with E-state index in [9.17, 15) is 9.90 Å². The molecule has 2 rings (SSSR count). The fourth-order valence-corrected chi connectivity index (χ4v) is 3.37. The van der Waals surface area contributed by atoms with Crippen LogP contribution in [0.1, 0.15) is 70.2 Å². The number of pyridine rings is 1. The molecule has 0 saturated carbocycles. The van der Waals surface area contributed by atoms with E-state index in [4.69, 9.17) is 0 Å². The van der Waals surface area contributed by atoms with Gasteiger partial charge in [0, 0.05) is 24.3 Å². The van der Waals surface area contributed by atoms with Crippen LogP contribution in [0.3, 0.4) is 0 Å². The van der Waals surface area contributed by atoms with Crippen molar-refractivity contribution >= 4 is 6.09 Å². The maximum Gasteiger partial charge on any atom is 0.407 e. The van der Waals surface area contributed by atoms with Gasteiger partial charge in [0.15, 0.2) is 0 Å². The molecule has 1 atom stereocenters. The van der Waals surface area contributed by atoms with Gasteiger partial charge in [-0.15, -0.1) is 0 Å². The van der Waals surface area contributed by atoms with Gasteiger partial charge in [-0.2, -0.15) is 0 Å². The second-order valence-electron chi connectivity index (χ2n) is 7.61. The van der Waals surface area contributed by atoms with Crippen LogP contribution in [0, 0.1) is 0 Å². The number of nitrogens with zero attached hydrogens (tertiary/aromatic N) is 2. The maximum absolute atomic E-state index is 11.3. The van der Waals surface area contributed by atoms with Crippen molar-refractivity contribution in [1.29, 1.82) is 0 Å². The van der Waals surface area contributed by atoms with Gasteiger partial charge in [-0.05, 0) is 71.0 Å².